The van der Waals surface area contributed by atoms with Crippen molar-refractivity contribution in [2.45, 2.75) is 0 Å². The van der Waals surface area contributed by atoms with Crippen LogP contribution in [0.2, 0.25) is 0 Å². The van der Waals surface area contributed by atoms with Gasteiger partial charge in [0.1, 0.15) is 5.82 Å². The van der Waals surface area contributed by atoms with Gasteiger partial charge in [-0.1, -0.05) is 0 Å². The Morgan fingerprint density at radius 2 is 1.62 bits per heavy atom. The van der Waals surface area contributed by atoms with Crippen molar-refractivity contribution in [3.63, 3.8) is 0 Å². The summed E-state index contributed by atoms with van der Waals surface area (Å²) in [7, 11) is 0. The molecule has 0 atom stereocenters. The smallest absolute Gasteiger partial charge is 0.161 e. The summed E-state index contributed by atoms with van der Waals surface area (Å²) in [6.45, 7) is 0. The first kappa shape index (κ1) is 9.15. The molecule has 1 aromatic carbocycles. The Morgan fingerprint density at radius 3 is 2.23 bits per heavy atom. The predicted molar refractivity (Wildman–Crippen MR) is 38.8 cm³/mol. The minimum absolute atomic E-state index is 0.333. The van der Waals surface area contributed by atoms with Gasteiger partial charge in [-0.2, -0.15) is 5.26 Å². The van der Waals surface area contributed by atoms with E-state index in [1.54, 1.807) is 0 Å². The Morgan fingerprint density at radius 1 is 1.00 bits per heavy atom. The molecule has 4 heteroatoms. The van der Waals surface area contributed by atoms with Crippen LogP contribution in [-0.2, 0) is 0 Å². The van der Waals surface area contributed by atoms with Crippen LogP contribution in [0.5, 0.6) is 0 Å². The second-order valence-electron chi connectivity index (χ2n) is 2.11. The molecule has 0 saturated carbocycles. The van der Waals surface area contributed by atoms with Crippen LogP contribution in [0.1, 0.15) is 5.56 Å². The number of halogens is 3. The topological polar surface area (TPSA) is 23.8 Å². The number of hydrogen-bond donors (Lipinski definition) is 0. The van der Waals surface area contributed by atoms with E-state index in [-0.39, 0.29) is 5.56 Å². The molecule has 13 heavy (non-hydrogen) atoms. The van der Waals surface area contributed by atoms with Crippen LogP contribution in [0.3, 0.4) is 0 Å². The summed E-state index contributed by atoms with van der Waals surface area (Å²) in [5, 5.41) is 8.03. The summed E-state index contributed by atoms with van der Waals surface area (Å²) in [5.74, 6) is 0.463. The van der Waals surface area contributed by atoms with Crippen molar-refractivity contribution in [3.05, 3.63) is 35.1 Å². The van der Waals surface area contributed by atoms with Crippen LogP contribution in [0, 0.1) is 40.6 Å². The van der Waals surface area contributed by atoms with Gasteiger partial charge < -0.3 is 0 Å². The fraction of sp³-hybridized carbons (Fsp3) is 0. The molecule has 1 rings (SSSR count). The second-order valence-corrected chi connectivity index (χ2v) is 2.11. The van der Waals surface area contributed by atoms with Gasteiger partial charge in [0.05, 0.1) is 5.56 Å². The van der Waals surface area contributed by atoms with E-state index < -0.39 is 17.5 Å². The molecule has 0 spiro atoms. The molecule has 1 aromatic rings. The zero-order valence-electron chi connectivity index (χ0n) is 6.24. The van der Waals surface area contributed by atoms with Gasteiger partial charge in [0.2, 0.25) is 0 Å². The van der Waals surface area contributed by atoms with Gasteiger partial charge in [-0.25, -0.2) is 13.2 Å². The molecule has 0 bridgehead atoms. The number of rotatable bonds is 0. The third-order valence-electron chi connectivity index (χ3n) is 1.26. The molecule has 0 aliphatic carbocycles. The van der Waals surface area contributed by atoms with E-state index in [0.29, 0.717) is 12.1 Å². The van der Waals surface area contributed by atoms with E-state index in [1.807, 2.05) is 11.8 Å². The maximum atomic E-state index is 12.7. The average Bonchev–Trinajstić information content (AvgIpc) is 2.09. The van der Waals surface area contributed by atoms with Crippen LogP contribution in [0.25, 0.3) is 0 Å². The monoisotopic (exact) mass is 181 g/mol. The largest absolute Gasteiger partial charge is 0.206 e. The molecule has 0 radical (unpaired) electrons. The first-order chi connectivity index (χ1) is 6.15. The highest BCUT2D eigenvalue weighted by Gasteiger charge is 2.07. The molecule has 64 valence electrons. The van der Waals surface area contributed by atoms with Gasteiger partial charge in [-0.3, -0.25) is 0 Å². The summed E-state index contributed by atoms with van der Waals surface area (Å²) in [4.78, 5) is 0. The predicted octanol–water partition coefficient (Wildman–Crippen LogP) is 1.98. The van der Waals surface area contributed by atoms with Crippen molar-refractivity contribution >= 4 is 0 Å². The number of nitriles is 1. The van der Waals surface area contributed by atoms with E-state index in [9.17, 15) is 13.2 Å². The quantitative estimate of drug-likeness (QED) is 0.443. The molecule has 0 unspecified atom stereocenters. The Kier molecular flexibility index (Phi) is 2.56. The molecule has 0 amide bonds. The van der Waals surface area contributed by atoms with Crippen LogP contribution < -0.4 is 0 Å². The molecule has 0 aliphatic heterocycles. The summed E-state index contributed by atoms with van der Waals surface area (Å²) in [6.07, 6.45) is 0. The van der Waals surface area contributed by atoms with Crippen LogP contribution in [0.15, 0.2) is 12.1 Å². The average molecular weight is 181 g/mol. The van der Waals surface area contributed by atoms with Gasteiger partial charge in [-0.05, 0) is 12.0 Å². The molecule has 0 saturated heterocycles. The van der Waals surface area contributed by atoms with Gasteiger partial charge in [0, 0.05) is 12.0 Å². The number of hydrogen-bond acceptors (Lipinski definition) is 1. The summed E-state index contributed by atoms with van der Waals surface area (Å²) < 4.78 is 37.6. The second kappa shape index (κ2) is 3.64. The first-order valence-electron chi connectivity index (χ1n) is 3.20. The van der Waals surface area contributed by atoms with E-state index in [0.717, 1.165) is 0 Å². The SMILES string of the molecule is N#CC#Cc1cc(F)c(F)cc1F. The van der Waals surface area contributed by atoms with Gasteiger partial charge >= 0.3 is 0 Å². The van der Waals surface area contributed by atoms with Crippen LogP contribution in [0.4, 0.5) is 13.2 Å². The van der Waals surface area contributed by atoms with Crippen molar-refractivity contribution in [3.8, 4) is 17.9 Å². The lowest BCUT2D eigenvalue weighted by Crippen LogP contribution is -1.90. The molecule has 0 N–H and O–H groups in total. The molecule has 0 aromatic heterocycles. The maximum Gasteiger partial charge on any atom is 0.161 e. The first-order valence-corrected chi connectivity index (χ1v) is 3.20. The molecule has 1 nitrogen and oxygen atoms in total. The van der Waals surface area contributed by atoms with Gasteiger partial charge in [-0.15, -0.1) is 0 Å². The zero-order chi connectivity index (χ0) is 9.84. The number of nitrogens with zero attached hydrogens (tertiary/aromatic N) is 1. The minimum Gasteiger partial charge on any atom is -0.206 e. The van der Waals surface area contributed by atoms with Gasteiger partial charge in [0.25, 0.3) is 0 Å². The van der Waals surface area contributed by atoms with Crippen LogP contribution in [-0.4, -0.2) is 0 Å². The van der Waals surface area contributed by atoms with Gasteiger partial charge in [0.15, 0.2) is 17.7 Å². The highest BCUT2D eigenvalue weighted by molar-refractivity contribution is 5.39. The highest BCUT2D eigenvalue weighted by Crippen LogP contribution is 2.12. The Bertz CT molecular complexity index is 435. The standard InChI is InChI=1S/C9H2F3N/c10-7-5-9(12)8(11)4-6(7)2-1-3-13/h4-5H. The fourth-order valence-corrected chi connectivity index (χ4v) is 0.714. The molecule has 0 aliphatic rings. The zero-order valence-corrected chi connectivity index (χ0v) is 6.24. The van der Waals surface area contributed by atoms with Crippen molar-refractivity contribution in [2.75, 3.05) is 0 Å². The highest BCUT2D eigenvalue weighted by atomic mass is 19.2. The fourth-order valence-electron chi connectivity index (χ4n) is 0.714. The van der Waals surface area contributed by atoms with Crippen molar-refractivity contribution in [1.29, 1.82) is 5.26 Å². The van der Waals surface area contributed by atoms with E-state index in [4.69, 9.17) is 5.26 Å². The molecule has 0 fully saturated rings. The molecular weight excluding hydrogens is 179 g/mol. The normalized spacial score (nSPS) is 8.46. The van der Waals surface area contributed by atoms with Crippen molar-refractivity contribution in [1.82, 2.24) is 0 Å². The lowest BCUT2D eigenvalue weighted by Gasteiger charge is -1.95. The maximum absolute atomic E-state index is 12.7. The number of benzene rings is 1. The summed E-state index contributed by atoms with van der Waals surface area (Å²) in [5.41, 5.74) is -0.333. The van der Waals surface area contributed by atoms with E-state index in [1.165, 1.54) is 6.07 Å². The Balaban J connectivity index is 3.25. The molecule has 0 heterocycles. The summed E-state index contributed by atoms with van der Waals surface area (Å²) in [6, 6.07) is 2.43. The minimum atomic E-state index is -1.28. The van der Waals surface area contributed by atoms with Crippen LogP contribution >= 0.6 is 0 Å². The van der Waals surface area contributed by atoms with E-state index >= 15 is 0 Å². The lowest BCUT2D eigenvalue weighted by molar-refractivity contribution is 0.494. The van der Waals surface area contributed by atoms with E-state index in [2.05, 4.69) is 0 Å². The summed E-state index contributed by atoms with van der Waals surface area (Å²) >= 11 is 0. The van der Waals surface area contributed by atoms with Crippen molar-refractivity contribution < 1.29 is 13.2 Å². The third-order valence-corrected chi connectivity index (χ3v) is 1.26. The van der Waals surface area contributed by atoms with Crippen molar-refractivity contribution in [2.24, 2.45) is 0 Å². The molecular formula is C9H2F3N. The lowest BCUT2D eigenvalue weighted by atomic mass is 10.2. The Labute approximate surface area is 72.4 Å². The Hall–Kier alpha value is -1.94. The third kappa shape index (κ3) is 2.00.